The van der Waals surface area contributed by atoms with Gasteiger partial charge in [-0.05, 0) is 29.8 Å². The molecule has 9 heteroatoms. The van der Waals surface area contributed by atoms with Crippen LogP contribution in [0.2, 0.25) is 5.02 Å². The van der Waals surface area contributed by atoms with Gasteiger partial charge in [-0.2, -0.15) is 0 Å². The molecule has 0 unspecified atom stereocenters. The van der Waals surface area contributed by atoms with Crippen molar-refractivity contribution in [3.8, 4) is 10.4 Å². The smallest absolute Gasteiger partial charge is 0.279 e. The van der Waals surface area contributed by atoms with E-state index in [0.29, 0.717) is 15.9 Å². The Morgan fingerprint density at radius 2 is 1.96 bits per heavy atom. The maximum atomic E-state index is 13.2. The summed E-state index contributed by atoms with van der Waals surface area (Å²) in [5, 5.41) is 10.7. The minimum absolute atomic E-state index is 0.108. The number of nitrogens with one attached hydrogen (secondary N) is 1. The number of fused-ring (bicyclic) bond motifs is 1. The Kier molecular flexibility index (Phi) is 4.89. The monoisotopic (exact) mass is 414 g/mol. The van der Waals surface area contributed by atoms with E-state index >= 15 is 0 Å². The molecule has 0 aliphatic heterocycles. The van der Waals surface area contributed by atoms with Gasteiger partial charge in [0.2, 0.25) is 5.91 Å². The van der Waals surface area contributed by atoms with Crippen LogP contribution in [0.15, 0.2) is 59.4 Å². The molecule has 0 bridgehead atoms. The quantitative estimate of drug-likeness (QED) is 0.548. The van der Waals surface area contributed by atoms with Gasteiger partial charge >= 0.3 is 0 Å². The van der Waals surface area contributed by atoms with Crippen molar-refractivity contribution in [1.82, 2.24) is 15.0 Å². The van der Waals surface area contributed by atoms with Crippen LogP contribution in [0.3, 0.4) is 0 Å². The zero-order chi connectivity index (χ0) is 19.7. The Hall–Kier alpha value is -3.10. The fourth-order valence-corrected chi connectivity index (χ4v) is 3.79. The fraction of sp³-hybridized carbons (Fsp3) is 0.0526. The molecular formula is C19H12ClFN4O2S. The van der Waals surface area contributed by atoms with E-state index in [2.05, 4.69) is 15.6 Å². The van der Waals surface area contributed by atoms with Crippen LogP contribution >= 0.6 is 22.9 Å². The van der Waals surface area contributed by atoms with Gasteiger partial charge in [0.25, 0.3) is 5.56 Å². The molecule has 0 radical (unpaired) electrons. The minimum atomic E-state index is -0.584. The van der Waals surface area contributed by atoms with Gasteiger partial charge in [0.1, 0.15) is 12.4 Å². The molecule has 140 valence electrons. The van der Waals surface area contributed by atoms with Crippen LogP contribution in [0, 0.1) is 5.82 Å². The maximum Gasteiger partial charge on any atom is 0.279 e. The summed E-state index contributed by atoms with van der Waals surface area (Å²) in [6.07, 6.45) is 0. The van der Waals surface area contributed by atoms with Gasteiger partial charge in [-0.3, -0.25) is 9.59 Å². The summed E-state index contributed by atoms with van der Waals surface area (Å²) in [4.78, 5) is 26.3. The Bertz CT molecular complexity index is 1240. The van der Waals surface area contributed by atoms with Gasteiger partial charge < -0.3 is 5.32 Å². The van der Waals surface area contributed by atoms with Gasteiger partial charge in [-0.1, -0.05) is 47.1 Å². The van der Waals surface area contributed by atoms with Crippen LogP contribution in [-0.2, 0) is 11.3 Å². The van der Waals surface area contributed by atoms with Gasteiger partial charge in [0.15, 0.2) is 4.83 Å². The number of aromatic nitrogens is 3. The van der Waals surface area contributed by atoms with Gasteiger partial charge in [-0.25, -0.2) is 9.07 Å². The average molecular weight is 415 g/mol. The Balaban J connectivity index is 1.58. The number of nitrogens with zero attached hydrogens (tertiary/aromatic N) is 3. The Morgan fingerprint density at radius 3 is 2.71 bits per heavy atom. The Morgan fingerprint density at radius 1 is 1.18 bits per heavy atom. The molecule has 2 heterocycles. The van der Waals surface area contributed by atoms with Crippen LogP contribution in [-0.4, -0.2) is 20.9 Å². The summed E-state index contributed by atoms with van der Waals surface area (Å²) in [5.74, 6) is -1.09. The molecule has 2 aromatic carbocycles. The predicted molar refractivity (Wildman–Crippen MR) is 107 cm³/mol. The number of anilines is 1. The highest BCUT2D eigenvalue weighted by Crippen LogP contribution is 2.30. The lowest BCUT2D eigenvalue weighted by Gasteiger charge is -2.06. The minimum Gasteiger partial charge on any atom is -0.324 e. The van der Waals surface area contributed by atoms with E-state index in [1.165, 1.54) is 23.5 Å². The summed E-state index contributed by atoms with van der Waals surface area (Å²) in [7, 11) is 0. The second-order valence-electron chi connectivity index (χ2n) is 5.92. The molecule has 4 aromatic rings. The summed E-state index contributed by atoms with van der Waals surface area (Å²) in [6.45, 7) is -0.326. The van der Waals surface area contributed by atoms with E-state index in [1.807, 2.05) is 30.3 Å². The lowest BCUT2D eigenvalue weighted by Crippen LogP contribution is -2.30. The van der Waals surface area contributed by atoms with Gasteiger partial charge in [0, 0.05) is 10.6 Å². The summed E-state index contributed by atoms with van der Waals surface area (Å²) >= 11 is 7.06. The van der Waals surface area contributed by atoms with Crippen LogP contribution in [0.25, 0.3) is 20.7 Å². The summed E-state index contributed by atoms with van der Waals surface area (Å²) in [6, 6.07) is 15.2. The number of carbonyl (C=O) groups is 1. The highest BCUT2D eigenvalue weighted by molar-refractivity contribution is 7.21. The number of hydrogen-bond donors (Lipinski definition) is 1. The van der Waals surface area contributed by atoms with E-state index in [0.717, 1.165) is 21.2 Å². The molecule has 0 saturated heterocycles. The third kappa shape index (κ3) is 3.64. The normalized spacial score (nSPS) is 10.9. The number of benzene rings is 2. The third-order valence-corrected chi connectivity index (χ3v) is 5.33. The largest absolute Gasteiger partial charge is 0.324 e. The standard InChI is InChI=1S/C19H12ClFN4O2S/c20-14-8-12(6-7-15(14)21)22-17(26)10-25-19(27)13-9-16(28-18(13)23-24-25)11-4-2-1-3-5-11/h1-9H,10H2,(H,22,26). The van der Waals surface area contributed by atoms with E-state index in [4.69, 9.17) is 11.6 Å². The number of halogens is 2. The molecule has 2 aromatic heterocycles. The first-order valence-electron chi connectivity index (χ1n) is 8.19. The first-order valence-corrected chi connectivity index (χ1v) is 9.38. The molecule has 4 rings (SSSR count). The molecule has 28 heavy (non-hydrogen) atoms. The lowest BCUT2D eigenvalue weighted by atomic mass is 10.2. The van der Waals surface area contributed by atoms with Crippen molar-refractivity contribution in [3.63, 3.8) is 0 Å². The zero-order valence-corrected chi connectivity index (χ0v) is 15.8. The first-order chi connectivity index (χ1) is 13.5. The molecule has 0 fully saturated rings. The number of rotatable bonds is 4. The summed E-state index contributed by atoms with van der Waals surface area (Å²) in [5.41, 5.74) is 0.887. The van der Waals surface area contributed by atoms with Crippen molar-refractivity contribution in [1.29, 1.82) is 0 Å². The second-order valence-corrected chi connectivity index (χ2v) is 7.36. The molecule has 0 aliphatic carbocycles. The summed E-state index contributed by atoms with van der Waals surface area (Å²) < 4.78 is 14.2. The lowest BCUT2D eigenvalue weighted by molar-refractivity contribution is -0.117. The van der Waals surface area contributed by atoms with E-state index in [1.54, 1.807) is 6.07 Å². The molecule has 0 spiro atoms. The second kappa shape index (κ2) is 7.49. The molecule has 1 amide bonds. The number of hydrogen-bond acceptors (Lipinski definition) is 5. The van der Waals surface area contributed by atoms with E-state index in [9.17, 15) is 14.0 Å². The highest BCUT2D eigenvalue weighted by Gasteiger charge is 2.14. The van der Waals surface area contributed by atoms with Crippen molar-refractivity contribution in [2.45, 2.75) is 6.54 Å². The van der Waals surface area contributed by atoms with Crippen LogP contribution in [0.5, 0.6) is 0 Å². The molecular weight excluding hydrogens is 403 g/mol. The maximum absolute atomic E-state index is 13.2. The van der Waals surface area contributed by atoms with Crippen molar-refractivity contribution in [2.24, 2.45) is 0 Å². The predicted octanol–water partition coefficient (Wildman–Crippen LogP) is 3.95. The van der Waals surface area contributed by atoms with E-state index < -0.39 is 17.3 Å². The fourth-order valence-electron chi connectivity index (χ4n) is 2.64. The molecule has 0 aliphatic rings. The first kappa shape index (κ1) is 18.3. The molecule has 0 atom stereocenters. The topological polar surface area (TPSA) is 76.9 Å². The highest BCUT2D eigenvalue weighted by atomic mass is 35.5. The van der Waals surface area contributed by atoms with Crippen molar-refractivity contribution in [2.75, 3.05) is 5.32 Å². The SMILES string of the molecule is O=C(Cn1nnc2sc(-c3ccccc3)cc2c1=O)Nc1ccc(F)c(Cl)c1. The van der Waals surface area contributed by atoms with Crippen molar-refractivity contribution < 1.29 is 9.18 Å². The van der Waals surface area contributed by atoms with Gasteiger partial charge in [-0.15, -0.1) is 16.4 Å². The number of thiophene rings is 1. The number of carbonyl (C=O) groups excluding carboxylic acids is 1. The van der Waals surface area contributed by atoms with E-state index in [-0.39, 0.29) is 11.6 Å². The molecule has 6 nitrogen and oxygen atoms in total. The van der Waals surface area contributed by atoms with Crippen LogP contribution in [0.4, 0.5) is 10.1 Å². The molecule has 1 N–H and O–H groups in total. The number of amides is 1. The van der Waals surface area contributed by atoms with Crippen molar-refractivity contribution in [3.05, 3.63) is 75.8 Å². The van der Waals surface area contributed by atoms with Gasteiger partial charge in [0.05, 0.1) is 10.4 Å². The third-order valence-electron chi connectivity index (χ3n) is 3.98. The van der Waals surface area contributed by atoms with Crippen LogP contribution < -0.4 is 10.9 Å². The Labute approximate surface area is 167 Å². The average Bonchev–Trinajstić information content (AvgIpc) is 3.13. The zero-order valence-electron chi connectivity index (χ0n) is 14.2. The molecule has 0 saturated carbocycles. The van der Waals surface area contributed by atoms with Crippen LogP contribution in [0.1, 0.15) is 0 Å². The van der Waals surface area contributed by atoms with Crippen molar-refractivity contribution >= 4 is 44.7 Å².